The molecule has 2 rings (SSSR count). The Morgan fingerprint density at radius 1 is 1.47 bits per heavy atom. The standard InChI is InChI=1S/C9H12N4O2S2/c1-6-11-12-9(17-6)10-7(14)8(16)13-2-4-15-5-3-13/h2-5H2,1H3,(H,10,12,14). The lowest BCUT2D eigenvalue weighted by molar-refractivity contribution is -0.111. The molecule has 0 bridgehead atoms. The van der Waals surface area contributed by atoms with E-state index >= 15 is 0 Å². The Bertz CT molecular complexity index is 428. The molecule has 0 saturated carbocycles. The molecule has 1 saturated heterocycles. The van der Waals surface area contributed by atoms with E-state index in [0.29, 0.717) is 31.4 Å². The third-order valence-corrected chi connectivity index (χ3v) is 3.44. The largest absolute Gasteiger partial charge is 0.378 e. The van der Waals surface area contributed by atoms with Crippen molar-refractivity contribution in [1.29, 1.82) is 0 Å². The minimum atomic E-state index is -0.307. The van der Waals surface area contributed by atoms with E-state index in [4.69, 9.17) is 17.0 Å². The zero-order valence-electron chi connectivity index (χ0n) is 9.30. The summed E-state index contributed by atoms with van der Waals surface area (Å²) >= 11 is 6.44. The van der Waals surface area contributed by atoms with Crippen LogP contribution in [0.4, 0.5) is 5.13 Å². The maximum atomic E-state index is 11.8. The summed E-state index contributed by atoms with van der Waals surface area (Å²) in [4.78, 5) is 13.9. The van der Waals surface area contributed by atoms with Gasteiger partial charge in [0.05, 0.1) is 13.2 Å². The number of carbonyl (C=O) groups is 1. The SMILES string of the molecule is Cc1nnc(NC(=O)C(=S)N2CCOCC2)s1. The van der Waals surface area contributed by atoms with Gasteiger partial charge in [0, 0.05) is 13.1 Å². The van der Waals surface area contributed by atoms with E-state index in [-0.39, 0.29) is 10.9 Å². The van der Waals surface area contributed by atoms with Crippen LogP contribution in [0.15, 0.2) is 0 Å². The summed E-state index contributed by atoms with van der Waals surface area (Å²) in [5.74, 6) is -0.307. The molecule has 0 radical (unpaired) electrons. The van der Waals surface area contributed by atoms with Crippen molar-refractivity contribution in [1.82, 2.24) is 15.1 Å². The Morgan fingerprint density at radius 3 is 2.76 bits per heavy atom. The van der Waals surface area contributed by atoms with Crippen LogP contribution in [-0.2, 0) is 9.53 Å². The number of thiocarbonyl (C=S) groups is 1. The number of hydrogen-bond acceptors (Lipinski definition) is 6. The molecule has 1 aliphatic heterocycles. The average Bonchev–Trinajstić information content (AvgIpc) is 2.75. The highest BCUT2D eigenvalue weighted by molar-refractivity contribution is 7.82. The molecular weight excluding hydrogens is 260 g/mol. The third kappa shape index (κ3) is 3.18. The lowest BCUT2D eigenvalue weighted by atomic mass is 10.4. The second-order valence-electron chi connectivity index (χ2n) is 3.48. The molecule has 92 valence electrons. The molecule has 2 heterocycles. The molecule has 8 heteroatoms. The molecule has 6 nitrogen and oxygen atoms in total. The Labute approximate surface area is 108 Å². The number of ether oxygens (including phenoxy) is 1. The van der Waals surface area contributed by atoms with Gasteiger partial charge in [0.15, 0.2) is 4.99 Å². The third-order valence-electron chi connectivity index (χ3n) is 2.24. The molecule has 1 amide bonds. The summed E-state index contributed by atoms with van der Waals surface area (Å²) in [6.45, 7) is 4.34. The van der Waals surface area contributed by atoms with Gasteiger partial charge in [0.2, 0.25) is 5.13 Å². The van der Waals surface area contributed by atoms with E-state index in [0.717, 1.165) is 5.01 Å². The monoisotopic (exact) mass is 272 g/mol. The Balaban J connectivity index is 1.92. The van der Waals surface area contributed by atoms with Crippen LogP contribution >= 0.6 is 23.6 Å². The minimum absolute atomic E-state index is 0.279. The average molecular weight is 272 g/mol. The van der Waals surface area contributed by atoms with Gasteiger partial charge in [0.25, 0.3) is 5.91 Å². The van der Waals surface area contributed by atoms with Crippen molar-refractivity contribution in [3.8, 4) is 0 Å². The predicted molar refractivity (Wildman–Crippen MR) is 68.3 cm³/mol. The number of anilines is 1. The first-order valence-electron chi connectivity index (χ1n) is 5.15. The van der Waals surface area contributed by atoms with Gasteiger partial charge >= 0.3 is 0 Å². The molecule has 0 spiro atoms. The smallest absolute Gasteiger partial charge is 0.285 e. The second kappa shape index (κ2) is 5.48. The summed E-state index contributed by atoms with van der Waals surface area (Å²) in [6, 6.07) is 0. The first-order valence-corrected chi connectivity index (χ1v) is 6.37. The molecule has 1 aliphatic rings. The molecule has 1 aromatic rings. The lowest BCUT2D eigenvalue weighted by Crippen LogP contribution is -2.44. The number of nitrogens with one attached hydrogen (secondary N) is 1. The number of nitrogens with zero attached hydrogens (tertiary/aromatic N) is 3. The van der Waals surface area contributed by atoms with E-state index in [2.05, 4.69) is 15.5 Å². The van der Waals surface area contributed by atoms with Crippen molar-refractivity contribution in [2.45, 2.75) is 6.92 Å². The molecule has 1 fully saturated rings. The Hall–Kier alpha value is -1.12. The van der Waals surface area contributed by atoms with Gasteiger partial charge in [-0.2, -0.15) is 0 Å². The normalized spacial score (nSPS) is 15.7. The van der Waals surface area contributed by atoms with E-state index in [1.165, 1.54) is 11.3 Å². The van der Waals surface area contributed by atoms with Crippen LogP contribution in [0.3, 0.4) is 0 Å². The van der Waals surface area contributed by atoms with Gasteiger partial charge < -0.3 is 9.64 Å². The second-order valence-corrected chi connectivity index (χ2v) is 5.05. The highest BCUT2D eigenvalue weighted by atomic mass is 32.1. The molecule has 17 heavy (non-hydrogen) atoms. The van der Waals surface area contributed by atoms with Crippen molar-refractivity contribution in [2.24, 2.45) is 0 Å². The quantitative estimate of drug-likeness (QED) is 0.749. The van der Waals surface area contributed by atoms with E-state index in [1.807, 2.05) is 11.8 Å². The van der Waals surface area contributed by atoms with Gasteiger partial charge in [-0.05, 0) is 6.92 Å². The number of carbonyl (C=O) groups excluding carboxylic acids is 1. The number of morpholine rings is 1. The van der Waals surface area contributed by atoms with Crippen molar-refractivity contribution >= 4 is 39.6 Å². The van der Waals surface area contributed by atoms with Crippen LogP contribution in [0.5, 0.6) is 0 Å². The van der Waals surface area contributed by atoms with Crippen LogP contribution in [0.2, 0.25) is 0 Å². The lowest BCUT2D eigenvalue weighted by Gasteiger charge is -2.28. The Morgan fingerprint density at radius 2 is 2.18 bits per heavy atom. The van der Waals surface area contributed by atoms with Crippen LogP contribution < -0.4 is 5.32 Å². The molecule has 0 aliphatic carbocycles. The van der Waals surface area contributed by atoms with Crippen LogP contribution in [0.1, 0.15) is 5.01 Å². The van der Waals surface area contributed by atoms with Gasteiger partial charge in [-0.15, -0.1) is 10.2 Å². The summed E-state index contributed by atoms with van der Waals surface area (Å²) in [6.07, 6.45) is 0. The first kappa shape index (κ1) is 12.3. The predicted octanol–water partition coefficient (Wildman–Crippen LogP) is 0.445. The summed E-state index contributed by atoms with van der Waals surface area (Å²) in [7, 11) is 0. The summed E-state index contributed by atoms with van der Waals surface area (Å²) < 4.78 is 5.20. The topological polar surface area (TPSA) is 67.4 Å². The number of aromatic nitrogens is 2. The van der Waals surface area contributed by atoms with Crippen molar-refractivity contribution in [3.05, 3.63) is 5.01 Å². The van der Waals surface area contributed by atoms with Gasteiger partial charge in [-0.3, -0.25) is 10.1 Å². The highest BCUT2D eigenvalue weighted by Gasteiger charge is 2.20. The molecule has 0 atom stereocenters. The fourth-order valence-electron chi connectivity index (χ4n) is 1.41. The van der Waals surface area contributed by atoms with Crippen LogP contribution in [0, 0.1) is 6.92 Å². The maximum Gasteiger partial charge on any atom is 0.285 e. The molecule has 1 aromatic heterocycles. The van der Waals surface area contributed by atoms with Crippen molar-refractivity contribution in [3.63, 3.8) is 0 Å². The molecule has 1 N–H and O–H groups in total. The van der Waals surface area contributed by atoms with Gasteiger partial charge in [-0.1, -0.05) is 23.6 Å². The number of amides is 1. The number of hydrogen-bond donors (Lipinski definition) is 1. The van der Waals surface area contributed by atoms with Crippen LogP contribution in [-0.4, -0.2) is 52.3 Å². The van der Waals surface area contributed by atoms with Crippen LogP contribution in [0.25, 0.3) is 0 Å². The fraction of sp³-hybridized carbons (Fsp3) is 0.556. The first-order chi connectivity index (χ1) is 8.16. The summed E-state index contributed by atoms with van der Waals surface area (Å²) in [5.41, 5.74) is 0. The van der Waals surface area contributed by atoms with Crippen molar-refractivity contribution in [2.75, 3.05) is 31.6 Å². The zero-order chi connectivity index (χ0) is 12.3. The van der Waals surface area contributed by atoms with Crippen molar-refractivity contribution < 1.29 is 9.53 Å². The fourth-order valence-corrected chi connectivity index (χ4v) is 2.23. The maximum absolute atomic E-state index is 11.8. The zero-order valence-corrected chi connectivity index (χ0v) is 10.9. The summed E-state index contributed by atoms with van der Waals surface area (Å²) in [5, 5.41) is 11.6. The molecule has 0 unspecified atom stereocenters. The number of rotatable bonds is 1. The van der Waals surface area contributed by atoms with E-state index in [1.54, 1.807) is 0 Å². The highest BCUT2D eigenvalue weighted by Crippen LogP contribution is 2.13. The van der Waals surface area contributed by atoms with Gasteiger partial charge in [0.1, 0.15) is 5.01 Å². The minimum Gasteiger partial charge on any atom is -0.378 e. The Kier molecular flexibility index (Phi) is 3.97. The molecular formula is C9H12N4O2S2. The number of aryl methyl sites for hydroxylation is 1. The van der Waals surface area contributed by atoms with E-state index < -0.39 is 0 Å². The molecule has 0 aromatic carbocycles. The van der Waals surface area contributed by atoms with Gasteiger partial charge in [-0.25, -0.2) is 0 Å². The van der Waals surface area contributed by atoms with E-state index in [9.17, 15) is 4.79 Å².